The van der Waals surface area contributed by atoms with Crippen LogP contribution in [0.15, 0.2) is 72.8 Å². The van der Waals surface area contributed by atoms with Gasteiger partial charge in [-0.2, -0.15) is 5.10 Å². The van der Waals surface area contributed by atoms with Crippen molar-refractivity contribution in [2.75, 3.05) is 28.4 Å². The van der Waals surface area contributed by atoms with E-state index in [-0.39, 0.29) is 0 Å². The minimum Gasteiger partial charge on any atom is -0.493 e. The number of para-hydroxylation sites is 3. The van der Waals surface area contributed by atoms with Crippen LogP contribution in [-0.2, 0) is 0 Å². The quantitative estimate of drug-likeness (QED) is 0.348. The Morgan fingerprint density at radius 1 is 0.667 bits per heavy atom. The maximum absolute atomic E-state index is 5.69. The van der Waals surface area contributed by atoms with Crippen molar-refractivity contribution in [3.8, 4) is 39.9 Å². The van der Waals surface area contributed by atoms with Crippen molar-refractivity contribution in [2.24, 2.45) is 0 Å². The highest BCUT2D eigenvalue weighted by molar-refractivity contribution is 5.78. The van der Waals surface area contributed by atoms with E-state index in [1.165, 1.54) is 0 Å². The second-order valence-electron chi connectivity index (χ2n) is 7.16. The second-order valence-corrected chi connectivity index (χ2v) is 7.16. The first-order chi connectivity index (χ1) is 16.2. The highest BCUT2D eigenvalue weighted by atomic mass is 16.5. The molecule has 0 saturated carbocycles. The Kier molecular flexibility index (Phi) is 6.64. The van der Waals surface area contributed by atoms with Gasteiger partial charge in [-0.1, -0.05) is 36.4 Å². The number of hydrogen-bond acceptors (Lipinski definition) is 5. The minimum atomic E-state index is 0.655. The smallest absolute Gasteiger partial charge is 0.170 e. The average molecular weight is 443 g/mol. The maximum atomic E-state index is 5.69. The fourth-order valence-electron chi connectivity index (χ4n) is 3.75. The van der Waals surface area contributed by atoms with Gasteiger partial charge in [-0.3, -0.25) is 0 Å². The molecule has 1 heterocycles. The largest absolute Gasteiger partial charge is 0.493 e. The van der Waals surface area contributed by atoms with Gasteiger partial charge in [-0.15, -0.1) is 0 Å². The fourth-order valence-corrected chi connectivity index (χ4v) is 3.75. The van der Waals surface area contributed by atoms with E-state index in [1.54, 1.807) is 28.4 Å². The fraction of sp³-hybridized carbons (Fsp3) is 0.148. The van der Waals surface area contributed by atoms with Crippen molar-refractivity contribution in [2.45, 2.75) is 0 Å². The van der Waals surface area contributed by atoms with Gasteiger partial charge in [0.05, 0.1) is 45.5 Å². The number of rotatable bonds is 8. The standard InChI is InChI=1S/C27H26N2O4/c1-30-24-14-8-10-19(26(24)32-3)16-17-20-18-23(29(28-20)21-11-6-5-7-12-21)22-13-9-15-25(31-2)27(22)33-4/h5-18H,1-4H3. The Labute approximate surface area is 193 Å². The van der Waals surface area contributed by atoms with Crippen molar-refractivity contribution < 1.29 is 18.9 Å². The van der Waals surface area contributed by atoms with Gasteiger partial charge in [-0.05, 0) is 48.6 Å². The van der Waals surface area contributed by atoms with E-state index in [4.69, 9.17) is 24.0 Å². The van der Waals surface area contributed by atoms with Crippen LogP contribution in [0.1, 0.15) is 11.3 Å². The molecule has 0 aliphatic carbocycles. The molecule has 168 valence electrons. The molecule has 0 aliphatic rings. The molecule has 4 rings (SSSR count). The number of aromatic nitrogens is 2. The molecule has 4 aromatic rings. The predicted octanol–water partition coefficient (Wildman–Crippen LogP) is 5.74. The van der Waals surface area contributed by atoms with E-state index < -0.39 is 0 Å². The third kappa shape index (κ3) is 4.41. The summed E-state index contributed by atoms with van der Waals surface area (Å²) in [5.74, 6) is 2.67. The predicted molar refractivity (Wildman–Crippen MR) is 131 cm³/mol. The lowest BCUT2D eigenvalue weighted by Gasteiger charge is -2.14. The summed E-state index contributed by atoms with van der Waals surface area (Å²) in [7, 11) is 6.53. The first kappa shape index (κ1) is 22.0. The van der Waals surface area contributed by atoms with E-state index in [1.807, 2.05) is 89.6 Å². The molecule has 0 radical (unpaired) electrons. The number of benzene rings is 3. The van der Waals surface area contributed by atoms with Crippen LogP contribution < -0.4 is 18.9 Å². The third-order valence-corrected chi connectivity index (χ3v) is 5.27. The van der Waals surface area contributed by atoms with E-state index in [2.05, 4.69) is 0 Å². The topological polar surface area (TPSA) is 54.7 Å². The van der Waals surface area contributed by atoms with Gasteiger partial charge in [-0.25, -0.2) is 4.68 Å². The molecule has 0 spiro atoms. The van der Waals surface area contributed by atoms with Gasteiger partial charge in [0.1, 0.15) is 0 Å². The molecule has 33 heavy (non-hydrogen) atoms. The van der Waals surface area contributed by atoms with Crippen LogP contribution in [0, 0.1) is 0 Å². The Balaban J connectivity index is 1.84. The van der Waals surface area contributed by atoms with Crippen molar-refractivity contribution in [1.29, 1.82) is 0 Å². The SMILES string of the molecule is COc1cccc(C=Cc2cc(-c3cccc(OC)c3OC)n(-c3ccccc3)n2)c1OC. The Morgan fingerprint density at radius 2 is 1.33 bits per heavy atom. The molecule has 1 aromatic heterocycles. The van der Waals surface area contributed by atoms with Gasteiger partial charge in [0.2, 0.25) is 0 Å². The summed E-state index contributed by atoms with van der Waals surface area (Å²) in [6, 6.07) is 23.6. The lowest BCUT2D eigenvalue weighted by atomic mass is 10.1. The molecular formula is C27H26N2O4. The molecule has 0 fully saturated rings. The molecule has 0 N–H and O–H groups in total. The average Bonchev–Trinajstić information content (AvgIpc) is 3.31. The summed E-state index contributed by atoms with van der Waals surface area (Å²) < 4.78 is 24.1. The van der Waals surface area contributed by atoms with Crippen molar-refractivity contribution in [3.05, 3.63) is 84.1 Å². The Morgan fingerprint density at radius 3 is 2.00 bits per heavy atom. The summed E-state index contributed by atoms with van der Waals surface area (Å²) in [5.41, 5.74) is 4.38. The van der Waals surface area contributed by atoms with Crippen LogP contribution in [0.5, 0.6) is 23.0 Å². The van der Waals surface area contributed by atoms with Gasteiger partial charge in [0.15, 0.2) is 23.0 Å². The zero-order valence-corrected chi connectivity index (χ0v) is 19.1. The van der Waals surface area contributed by atoms with Gasteiger partial charge >= 0.3 is 0 Å². The molecule has 0 amide bonds. The van der Waals surface area contributed by atoms with Crippen LogP contribution >= 0.6 is 0 Å². The van der Waals surface area contributed by atoms with Crippen LogP contribution in [-0.4, -0.2) is 38.2 Å². The molecule has 6 nitrogen and oxygen atoms in total. The lowest BCUT2D eigenvalue weighted by molar-refractivity contribution is 0.354. The van der Waals surface area contributed by atoms with E-state index in [0.29, 0.717) is 23.0 Å². The highest BCUT2D eigenvalue weighted by Gasteiger charge is 2.18. The zero-order chi connectivity index (χ0) is 23.2. The van der Waals surface area contributed by atoms with Gasteiger partial charge in [0.25, 0.3) is 0 Å². The zero-order valence-electron chi connectivity index (χ0n) is 19.1. The van der Waals surface area contributed by atoms with E-state index in [0.717, 1.165) is 28.2 Å². The number of methoxy groups -OCH3 is 4. The van der Waals surface area contributed by atoms with Gasteiger partial charge in [0, 0.05) is 11.1 Å². The van der Waals surface area contributed by atoms with Crippen molar-refractivity contribution in [1.82, 2.24) is 9.78 Å². The molecule has 0 atom stereocenters. The monoisotopic (exact) mass is 442 g/mol. The molecule has 0 bridgehead atoms. The van der Waals surface area contributed by atoms with E-state index >= 15 is 0 Å². The number of nitrogens with zero attached hydrogens (tertiary/aromatic N) is 2. The van der Waals surface area contributed by atoms with Crippen LogP contribution in [0.2, 0.25) is 0 Å². The number of hydrogen-bond donors (Lipinski definition) is 0. The normalized spacial score (nSPS) is 10.9. The summed E-state index contributed by atoms with van der Waals surface area (Å²) in [6.07, 6.45) is 3.92. The molecule has 3 aromatic carbocycles. The maximum Gasteiger partial charge on any atom is 0.170 e. The van der Waals surface area contributed by atoms with Crippen molar-refractivity contribution in [3.63, 3.8) is 0 Å². The summed E-state index contributed by atoms with van der Waals surface area (Å²) in [6.45, 7) is 0. The molecule has 0 aliphatic heterocycles. The minimum absolute atomic E-state index is 0.655. The lowest BCUT2D eigenvalue weighted by Crippen LogP contribution is -2.01. The molecule has 6 heteroatoms. The van der Waals surface area contributed by atoms with E-state index in [9.17, 15) is 0 Å². The second kappa shape index (κ2) is 9.96. The molecular weight excluding hydrogens is 416 g/mol. The Bertz CT molecular complexity index is 1260. The highest BCUT2D eigenvalue weighted by Crippen LogP contribution is 2.39. The Hall–Kier alpha value is -4.19. The summed E-state index contributed by atoms with van der Waals surface area (Å²) in [4.78, 5) is 0. The first-order valence-electron chi connectivity index (χ1n) is 10.5. The third-order valence-electron chi connectivity index (χ3n) is 5.27. The van der Waals surface area contributed by atoms with Crippen LogP contribution in [0.25, 0.3) is 29.1 Å². The summed E-state index contributed by atoms with van der Waals surface area (Å²) >= 11 is 0. The molecule has 0 saturated heterocycles. The first-order valence-corrected chi connectivity index (χ1v) is 10.5. The number of ether oxygens (including phenoxy) is 4. The van der Waals surface area contributed by atoms with Crippen LogP contribution in [0.4, 0.5) is 0 Å². The summed E-state index contributed by atoms with van der Waals surface area (Å²) in [5, 5.41) is 4.86. The molecule has 0 unspecified atom stereocenters. The van der Waals surface area contributed by atoms with Crippen molar-refractivity contribution >= 4 is 12.2 Å². The van der Waals surface area contributed by atoms with Gasteiger partial charge < -0.3 is 18.9 Å². The van der Waals surface area contributed by atoms with Crippen LogP contribution in [0.3, 0.4) is 0 Å².